The smallest absolute Gasteiger partial charge is 0.130 e. The molecule has 3 nitrogen and oxygen atoms in total. The molecule has 0 spiro atoms. The molecule has 1 aliphatic rings. The van der Waals surface area contributed by atoms with Crippen molar-refractivity contribution in [2.45, 2.75) is 32.4 Å². The van der Waals surface area contributed by atoms with Gasteiger partial charge in [0.25, 0.3) is 0 Å². The van der Waals surface area contributed by atoms with Crippen molar-refractivity contribution in [2.75, 3.05) is 13.1 Å². The van der Waals surface area contributed by atoms with Gasteiger partial charge in [0.15, 0.2) is 0 Å². The van der Waals surface area contributed by atoms with E-state index in [1.54, 1.807) is 0 Å². The number of aromatic nitrogens is 1. The van der Waals surface area contributed by atoms with Gasteiger partial charge in [-0.1, -0.05) is 42.5 Å². The fourth-order valence-electron chi connectivity index (χ4n) is 3.64. The average Bonchev–Trinajstić information content (AvgIpc) is 2.63. The van der Waals surface area contributed by atoms with Gasteiger partial charge < -0.3 is 4.74 Å². The van der Waals surface area contributed by atoms with Gasteiger partial charge in [-0.3, -0.25) is 9.88 Å². The maximum absolute atomic E-state index is 6.44. The first-order valence-electron chi connectivity index (χ1n) is 9.07. The number of ether oxygens (including phenoxy) is 1. The van der Waals surface area contributed by atoms with E-state index in [0.717, 1.165) is 48.4 Å². The van der Waals surface area contributed by atoms with Crippen molar-refractivity contribution >= 4 is 10.9 Å². The molecule has 1 saturated heterocycles. The van der Waals surface area contributed by atoms with Gasteiger partial charge in [-0.2, -0.15) is 0 Å². The molecule has 2 aromatic carbocycles. The van der Waals surface area contributed by atoms with E-state index in [9.17, 15) is 0 Å². The summed E-state index contributed by atoms with van der Waals surface area (Å²) in [4.78, 5) is 7.11. The number of aryl methyl sites for hydroxylation is 1. The topological polar surface area (TPSA) is 25.4 Å². The summed E-state index contributed by atoms with van der Waals surface area (Å²) in [5, 5.41) is 1.10. The molecule has 1 aromatic heterocycles. The fraction of sp³-hybridized carbons (Fsp3) is 0.318. The summed E-state index contributed by atoms with van der Waals surface area (Å²) in [6, 6.07) is 21.0. The van der Waals surface area contributed by atoms with Crippen LogP contribution in [0.15, 0.2) is 60.7 Å². The third-order valence-corrected chi connectivity index (χ3v) is 4.81. The molecule has 3 heteroatoms. The first-order chi connectivity index (χ1) is 12.3. The molecule has 4 rings (SSSR count). The predicted octanol–water partition coefficient (Wildman–Crippen LogP) is 4.59. The van der Waals surface area contributed by atoms with Gasteiger partial charge >= 0.3 is 0 Å². The Bertz CT molecular complexity index is 847. The van der Waals surface area contributed by atoms with E-state index < -0.39 is 0 Å². The van der Waals surface area contributed by atoms with Crippen molar-refractivity contribution in [3.05, 3.63) is 71.9 Å². The molecule has 0 unspecified atom stereocenters. The molecule has 0 saturated carbocycles. The minimum atomic E-state index is 0.239. The summed E-state index contributed by atoms with van der Waals surface area (Å²) in [5.74, 6) is 0.967. The van der Waals surface area contributed by atoms with Crippen LogP contribution in [0.5, 0.6) is 5.75 Å². The van der Waals surface area contributed by atoms with Crippen LogP contribution in [-0.2, 0) is 6.54 Å². The molecule has 128 valence electrons. The Hall–Kier alpha value is -2.39. The Morgan fingerprint density at radius 1 is 1.08 bits per heavy atom. The lowest BCUT2D eigenvalue weighted by molar-refractivity contribution is 0.0853. The van der Waals surface area contributed by atoms with E-state index in [1.807, 2.05) is 13.0 Å². The molecule has 0 amide bonds. The monoisotopic (exact) mass is 332 g/mol. The molecule has 0 N–H and O–H groups in total. The summed E-state index contributed by atoms with van der Waals surface area (Å²) in [7, 11) is 0. The second-order valence-electron chi connectivity index (χ2n) is 6.88. The maximum atomic E-state index is 6.44. The van der Waals surface area contributed by atoms with Crippen LogP contribution >= 0.6 is 0 Å². The minimum Gasteiger partial charge on any atom is -0.488 e. The van der Waals surface area contributed by atoms with Gasteiger partial charge in [0.05, 0.1) is 5.52 Å². The quantitative estimate of drug-likeness (QED) is 0.699. The van der Waals surface area contributed by atoms with Crippen LogP contribution in [0.3, 0.4) is 0 Å². The number of para-hydroxylation sites is 1. The molecular weight excluding hydrogens is 308 g/mol. The third-order valence-electron chi connectivity index (χ3n) is 4.81. The van der Waals surface area contributed by atoms with Crippen LogP contribution in [-0.4, -0.2) is 29.1 Å². The number of fused-ring (bicyclic) bond motifs is 1. The van der Waals surface area contributed by atoms with Crippen molar-refractivity contribution in [2.24, 2.45) is 0 Å². The van der Waals surface area contributed by atoms with Gasteiger partial charge in [-0.25, -0.2) is 0 Å². The second kappa shape index (κ2) is 7.24. The summed E-state index contributed by atoms with van der Waals surface area (Å²) < 4.78 is 6.44. The molecule has 1 fully saturated rings. The Morgan fingerprint density at radius 2 is 1.88 bits per heavy atom. The van der Waals surface area contributed by atoms with Crippen LogP contribution in [0.2, 0.25) is 0 Å². The standard InChI is InChI=1S/C22H24N2O/c1-17-14-22(20-11-5-6-12-21(20)23-17)25-19-10-7-13-24(16-19)15-18-8-3-2-4-9-18/h2-6,8-9,11-12,14,19H,7,10,13,15-16H2,1H3/t19-/m0/s1. The van der Waals surface area contributed by atoms with E-state index in [2.05, 4.69) is 64.5 Å². The SMILES string of the molecule is Cc1cc(O[C@H]2CCCN(Cc3ccccc3)C2)c2ccccc2n1. The highest BCUT2D eigenvalue weighted by Gasteiger charge is 2.22. The van der Waals surface area contributed by atoms with Crippen LogP contribution in [0.1, 0.15) is 24.1 Å². The highest BCUT2D eigenvalue weighted by Crippen LogP contribution is 2.28. The van der Waals surface area contributed by atoms with Crippen molar-refractivity contribution in [3.8, 4) is 5.75 Å². The Morgan fingerprint density at radius 3 is 2.76 bits per heavy atom. The first kappa shape index (κ1) is 16.1. The van der Waals surface area contributed by atoms with Crippen LogP contribution in [0.25, 0.3) is 10.9 Å². The molecule has 2 heterocycles. The highest BCUT2D eigenvalue weighted by atomic mass is 16.5. The van der Waals surface area contributed by atoms with Crippen molar-refractivity contribution in [1.29, 1.82) is 0 Å². The Balaban J connectivity index is 1.49. The van der Waals surface area contributed by atoms with Gasteiger partial charge in [0.2, 0.25) is 0 Å². The molecule has 1 aliphatic heterocycles. The van der Waals surface area contributed by atoms with Crippen LogP contribution in [0.4, 0.5) is 0 Å². The van der Waals surface area contributed by atoms with E-state index in [1.165, 1.54) is 12.0 Å². The number of benzene rings is 2. The second-order valence-corrected chi connectivity index (χ2v) is 6.88. The zero-order valence-corrected chi connectivity index (χ0v) is 14.7. The summed E-state index contributed by atoms with van der Waals surface area (Å²) in [5.41, 5.74) is 3.38. The number of piperidine rings is 1. The van der Waals surface area contributed by atoms with Crippen molar-refractivity contribution in [3.63, 3.8) is 0 Å². The summed E-state index contributed by atoms with van der Waals surface area (Å²) >= 11 is 0. The third kappa shape index (κ3) is 3.83. The number of rotatable bonds is 4. The number of nitrogens with zero attached hydrogens (tertiary/aromatic N) is 2. The number of hydrogen-bond acceptors (Lipinski definition) is 3. The van der Waals surface area contributed by atoms with Crippen molar-refractivity contribution < 1.29 is 4.74 Å². The zero-order chi connectivity index (χ0) is 17.1. The van der Waals surface area contributed by atoms with Gasteiger partial charge in [0, 0.05) is 30.2 Å². The average molecular weight is 332 g/mol. The molecule has 1 atom stereocenters. The lowest BCUT2D eigenvalue weighted by Gasteiger charge is -2.33. The number of likely N-dealkylation sites (tertiary alicyclic amines) is 1. The molecule has 0 aliphatic carbocycles. The fourth-order valence-corrected chi connectivity index (χ4v) is 3.64. The normalized spacial score (nSPS) is 18.4. The molecular formula is C22H24N2O. The molecule has 0 bridgehead atoms. The van der Waals surface area contributed by atoms with Crippen LogP contribution in [0, 0.1) is 6.92 Å². The highest BCUT2D eigenvalue weighted by molar-refractivity contribution is 5.85. The van der Waals surface area contributed by atoms with E-state index in [0.29, 0.717) is 0 Å². The lowest BCUT2D eigenvalue weighted by Crippen LogP contribution is -2.40. The number of hydrogen-bond donors (Lipinski definition) is 0. The van der Waals surface area contributed by atoms with Gasteiger partial charge in [0.1, 0.15) is 11.9 Å². The Labute approximate surface area is 149 Å². The Kier molecular flexibility index (Phi) is 4.66. The zero-order valence-electron chi connectivity index (χ0n) is 14.7. The minimum absolute atomic E-state index is 0.239. The summed E-state index contributed by atoms with van der Waals surface area (Å²) in [6.45, 7) is 5.15. The summed E-state index contributed by atoms with van der Waals surface area (Å²) in [6.07, 6.45) is 2.53. The predicted molar refractivity (Wildman–Crippen MR) is 102 cm³/mol. The van der Waals surface area contributed by atoms with Gasteiger partial charge in [-0.15, -0.1) is 0 Å². The first-order valence-corrected chi connectivity index (χ1v) is 9.07. The molecule has 3 aromatic rings. The maximum Gasteiger partial charge on any atom is 0.130 e. The van der Waals surface area contributed by atoms with Crippen molar-refractivity contribution in [1.82, 2.24) is 9.88 Å². The molecule has 0 radical (unpaired) electrons. The van der Waals surface area contributed by atoms with E-state index in [-0.39, 0.29) is 6.10 Å². The lowest BCUT2D eigenvalue weighted by atomic mass is 10.1. The van der Waals surface area contributed by atoms with Crippen LogP contribution < -0.4 is 4.74 Å². The largest absolute Gasteiger partial charge is 0.488 e. The van der Waals surface area contributed by atoms with Gasteiger partial charge in [-0.05, 0) is 44.0 Å². The molecule has 25 heavy (non-hydrogen) atoms. The number of pyridine rings is 1. The van der Waals surface area contributed by atoms with E-state index in [4.69, 9.17) is 4.74 Å². The van der Waals surface area contributed by atoms with E-state index >= 15 is 0 Å².